The maximum absolute atomic E-state index is 13.0. The van der Waals surface area contributed by atoms with Crippen LogP contribution in [0.4, 0.5) is 0 Å². The third kappa shape index (κ3) is 6.66. The lowest BCUT2D eigenvalue weighted by Crippen LogP contribution is -2.45. The van der Waals surface area contributed by atoms with Crippen molar-refractivity contribution in [2.75, 3.05) is 59.6 Å². The van der Waals surface area contributed by atoms with Gasteiger partial charge in [0.05, 0.1) is 24.2 Å². The van der Waals surface area contributed by atoms with Gasteiger partial charge in [0.2, 0.25) is 0 Å². The highest BCUT2D eigenvalue weighted by Gasteiger charge is 2.27. The maximum Gasteiger partial charge on any atom is 0.258 e. The molecule has 2 aliphatic rings. The van der Waals surface area contributed by atoms with Crippen molar-refractivity contribution in [2.24, 2.45) is 0 Å². The minimum absolute atomic E-state index is 0. The zero-order valence-corrected chi connectivity index (χ0v) is 22.6. The lowest BCUT2D eigenvalue weighted by atomic mass is 10.1. The summed E-state index contributed by atoms with van der Waals surface area (Å²) in [4.78, 5) is 22.4. The zero-order valence-electron chi connectivity index (χ0n) is 21.8. The number of para-hydroxylation sites is 2. The van der Waals surface area contributed by atoms with E-state index in [1.54, 1.807) is 0 Å². The number of fused-ring (bicyclic) bond motifs is 3. The molecule has 1 saturated heterocycles. The highest BCUT2D eigenvalue weighted by atomic mass is 35.5. The maximum atomic E-state index is 13.0. The number of nitrogens with one attached hydrogen (secondary N) is 1. The first-order valence-corrected chi connectivity index (χ1v) is 12.9. The second kappa shape index (κ2) is 13.1. The number of imidazole rings is 1. The molecule has 3 heterocycles. The van der Waals surface area contributed by atoms with Crippen LogP contribution in [0.25, 0.3) is 16.6 Å². The number of carbonyl (C=O) groups excluding carboxylic acids is 1. The third-order valence-electron chi connectivity index (χ3n) is 6.99. The number of carbonyl (C=O) groups is 1. The first kappa shape index (κ1) is 27.9. The molecule has 0 saturated carbocycles. The number of ether oxygens (including phenoxy) is 2. The van der Waals surface area contributed by atoms with Crippen molar-refractivity contribution in [3.05, 3.63) is 65.7 Å². The second-order valence-corrected chi connectivity index (χ2v) is 9.58. The molecule has 0 radical (unpaired) electrons. The third-order valence-corrected chi connectivity index (χ3v) is 6.99. The lowest BCUT2D eigenvalue weighted by Gasteiger charge is -2.32. The van der Waals surface area contributed by atoms with Gasteiger partial charge in [0.25, 0.3) is 5.91 Å². The number of aryl methyl sites for hydroxylation is 1. The number of piperazine rings is 1. The van der Waals surface area contributed by atoms with Crippen molar-refractivity contribution in [1.29, 1.82) is 0 Å². The Hall–Kier alpha value is -3.11. The summed E-state index contributed by atoms with van der Waals surface area (Å²) in [5.41, 5.74) is 2.96. The van der Waals surface area contributed by atoms with E-state index in [4.69, 9.17) is 9.47 Å². The summed E-state index contributed by atoms with van der Waals surface area (Å²) in [5.74, 6) is 1.02. The summed E-state index contributed by atoms with van der Waals surface area (Å²) < 4.78 is 13.5. The van der Waals surface area contributed by atoms with E-state index in [2.05, 4.69) is 27.1 Å². The molecule has 2 aliphatic heterocycles. The molecule has 0 unspecified atom stereocenters. The number of nitrogens with zero attached hydrogens (tertiary/aromatic N) is 4. The smallest absolute Gasteiger partial charge is 0.258 e. The molecular formula is C28H36ClN5O4. The van der Waals surface area contributed by atoms with E-state index in [0.29, 0.717) is 45.2 Å². The van der Waals surface area contributed by atoms with Crippen molar-refractivity contribution in [2.45, 2.75) is 19.5 Å². The predicted molar refractivity (Wildman–Crippen MR) is 150 cm³/mol. The number of hydrogen-bond acceptors (Lipinski definition) is 7. The molecular weight excluding hydrogens is 506 g/mol. The van der Waals surface area contributed by atoms with E-state index >= 15 is 0 Å². The molecule has 204 valence electrons. The summed E-state index contributed by atoms with van der Waals surface area (Å²) in [5, 5.41) is 13.4. The standard InChI is InChI=1S/C28H35N5O4.ClH/c1-31-12-14-32(15-13-31)16-17-36-18-19-37-22-8-6-21(7-9-22)20-29-28(35)26-25(34)10-11-33-24-5-3-2-4-23(24)30-27(26)33;/h2-9,34H,10-20H2,1H3,(H,29,35);1H. The highest BCUT2D eigenvalue weighted by Crippen LogP contribution is 2.29. The Balaban J connectivity index is 0.00000336. The monoisotopic (exact) mass is 541 g/mol. The molecule has 5 rings (SSSR count). The van der Waals surface area contributed by atoms with Gasteiger partial charge >= 0.3 is 0 Å². The molecule has 1 fully saturated rings. The molecule has 1 aromatic heterocycles. The Kier molecular flexibility index (Phi) is 9.63. The van der Waals surface area contributed by atoms with E-state index in [-0.39, 0.29) is 29.6 Å². The topological polar surface area (TPSA) is 92.1 Å². The first-order valence-electron chi connectivity index (χ1n) is 12.9. The van der Waals surface area contributed by atoms with Crippen LogP contribution in [-0.4, -0.2) is 90.0 Å². The van der Waals surface area contributed by atoms with Crippen LogP contribution < -0.4 is 10.1 Å². The predicted octanol–water partition coefficient (Wildman–Crippen LogP) is 3.09. The SMILES string of the molecule is CN1CCN(CCOCCOc2ccc(CNC(=O)C3=C(O)CCn4c3nc3ccccc34)cc2)CC1.Cl. The fourth-order valence-corrected chi connectivity index (χ4v) is 4.76. The molecule has 1 amide bonds. The van der Waals surface area contributed by atoms with Gasteiger partial charge in [-0.25, -0.2) is 4.98 Å². The van der Waals surface area contributed by atoms with E-state index in [1.165, 1.54) is 0 Å². The van der Waals surface area contributed by atoms with Crippen LogP contribution >= 0.6 is 12.4 Å². The Bertz CT molecular complexity index is 1250. The molecule has 0 atom stereocenters. The van der Waals surface area contributed by atoms with Crippen LogP contribution in [0.5, 0.6) is 5.75 Å². The summed E-state index contributed by atoms with van der Waals surface area (Å²) >= 11 is 0. The number of likely N-dealkylation sites (N-methyl/N-ethyl adjacent to an activating group) is 1. The van der Waals surface area contributed by atoms with Crippen LogP contribution in [-0.2, 0) is 22.6 Å². The lowest BCUT2D eigenvalue weighted by molar-refractivity contribution is -0.116. The van der Waals surface area contributed by atoms with Crippen LogP contribution in [0.1, 0.15) is 17.8 Å². The number of benzene rings is 2. The van der Waals surface area contributed by atoms with E-state index in [1.807, 2.05) is 53.1 Å². The number of rotatable bonds is 10. The molecule has 0 aliphatic carbocycles. The summed E-state index contributed by atoms with van der Waals surface area (Å²) in [6.45, 7) is 8.09. The number of aliphatic hydroxyl groups excluding tert-OH is 1. The molecule has 38 heavy (non-hydrogen) atoms. The quantitative estimate of drug-likeness (QED) is 0.381. The van der Waals surface area contributed by atoms with Crippen molar-refractivity contribution in [3.63, 3.8) is 0 Å². The van der Waals surface area contributed by atoms with E-state index in [0.717, 1.165) is 55.1 Å². The van der Waals surface area contributed by atoms with Gasteiger partial charge in [0.15, 0.2) is 0 Å². The van der Waals surface area contributed by atoms with Gasteiger partial charge < -0.3 is 29.4 Å². The number of hydrogen-bond donors (Lipinski definition) is 2. The minimum atomic E-state index is -0.331. The Morgan fingerprint density at radius 2 is 1.76 bits per heavy atom. The van der Waals surface area contributed by atoms with Gasteiger partial charge in [0, 0.05) is 52.2 Å². The second-order valence-electron chi connectivity index (χ2n) is 9.58. The van der Waals surface area contributed by atoms with E-state index < -0.39 is 0 Å². The fraction of sp³-hybridized carbons (Fsp3) is 0.429. The van der Waals surface area contributed by atoms with Crippen LogP contribution in [0.15, 0.2) is 54.3 Å². The zero-order chi connectivity index (χ0) is 25.6. The number of amides is 1. The Labute approximate surface area is 229 Å². The summed E-state index contributed by atoms with van der Waals surface area (Å²) in [6.07, 6.45) is 0.404. The Morgan fingerprint density at radius 3 is 2.55 bits per heavy atom. The molecule has 9 nitrogen and oxygen atoms in total. The van der Waals surface area contributed by atoms with Gasteiger partial charge in [-0.05, 0) is 36.9 Å². The molecule has 3 aromatic rings. The summed E-state index contributed by atoms with van der Waals surface area (Å²) in [7, 11) is 2.16. The van der Waals surface area contributed by atoms with Gasteiger partial charge in [-0.1, -0.05) is 24.3 Å². The van der Waals surface area contributed by atoms with Crippen molar-refractivity contribution >= 4 is 34.9 Å². The van der Waals surface area contributed by atoms with Gasteiger partial charge in [0.1, 0.15) is 29.5 Å². The number of allylic oxidation sites excluding steroid dienone is 1. The molecule has 10 heteroatoms. The average Bonchev–Trinajstić information content (AvgIpc) is 3.29. The molecule has 0 bridgehead atoms. The van der Waals surface area contributed by atoms with E-state index in [9.17, 15) is 9.90 Å². The van der Waals surface area contributed by atoms with Crippen molar-refractivity contribution in [1.82, 2.24) is 24.7 Å². The van der Waals surface area contributed by atoms with Crippen LogP contribution in [0.2, 0.25) is 0 Å². The number of aromatic nitrogens is 2. The summed E-state index contributed by atoms with van der Waals surface area (Å²) in [6, 6.07) is 15.4. The van der Waals surface area contributed by atoms with Crippen molar-refractivity contribution < 1.29 is 19.4 Å². The molecule has 0 spiro atoms. The van der Waals surface area contributed by atoms with Gasteiger partial charge in [-0.2, -0.15) is 0 Å². The first-order chi connectivity index (χ1) is 18.1. The number of aliphatic hydroxyl groups is 1. The fourth-order valence-electron chi connectivity index (χ4n) is 4.76. The average molecular weight is 542 g/mol. The molecule has 2 aromatic carbocycles. The molecule has 2 N–H and O–H groups in total. The Morgan fingerprint density at radius 1 is 1.00 bits per heavy atom. The minimum Gasteiger partial charge on any atom is -0.511 e. The van der Waals surface area contributed by atoms with Crippen molar-refractivity contribution in [3.8, 4) is 5.75 Å². The highest BCUT2D eigenvalue weighted by molar-refractivity contribution is 6.19. The van der Waals surface area contributed by atoms with Gasteiger partial charge in [-0.3, -0.25) is 9.69 Å². The van der Waals surface area contributed by atoms with Crippen LogP contribution in [0.3, 0.4) is 0 Å². The normalized spacial score (nSPS) is 16.2. The number of halogens is 1. The van der Waals surface area contributed by atoms with Crippen LogP contribution in [0, 0.1) is 0 Å². The largest absolute Gasteiger partial charge is 0.511 e. The van der Waals surface area contributed by atoms with Gasteiger partial charge in [-0.15, -0.1) is 12.4 Å².